The summed E-state index contributed by atoms with van der Waals surface area (Å²) in [5.74, 6) is -1.29. The van der Waals surface area contributed by atoms with Crippen LogP contribution in [0.4, 0.5) is 10.5 Å². The van der Waals surface area contributed by atoms with E-state index in [1.807, 2.05) is 24.3 Å². The number of amides is 2. The summed E-state index contributed by atoms with van der Waals surface area (Å²) < 4.78 is 6.30. The van der Waals surface area contributed by atoms with Gasteiger partial charge in [-0.3, -0.25) is 14.9 Å². The largest absolute Gasteiger partial charge is 0.481 e. The summed E-state index contributed by atoms with van der Waals surface area (Å²) in [4.78, 5) is 36.0. The van der Waals surface area contributed by atoms with Crippen molar-refractivity contribution in [2.45, 2.75) is 25.2 Å². The van der Waals surface area contributed by atoms with Crippen LogP contribution in [0.25, 0.3) is 11.1 Å². The normalized spacial score (nSPS) is 11.9. The van der Waals surface area contributed by atoms with Crippen LogP contribution in [-0.4, -0.2) is 36.2 Å². The highest BCUT2D eigenvalue weighted by Crippen LogP contribution is 2.44. The lowest BCUT2D eigenvalue weighted by atomic mass is 9.98. The molecule has 0 aliphatic heterocycles. The maximum atomic E-state index is 12.7. The van der Waals surface area contributed by atoms with Gasteiger partial charge in [0.25, 0.3) is 5.91 Å². The Kier molecular flexibility index (Phi) is 7.82. The number of hydrogen-bond acceptors (Lipinski definition) is 4. The Morgan fingerprint density at radius 1 is 0.914 bits per heavy atom. The quantitative estimate of drug-likeness (QED) is 0.300. The molecule has 0 heterocycles. The lowest BCUT2D eigenvalue weighted by Gasteiger charge is -2.16. The fourth-order valence-electron chi connectivity index (χ4n) is 4.26. The average molecular weight is 537 g/mol. The lowest BCUT2D eigenvalue weighted by molar-refractivity contribution is -0.137. The van der Waals surface area contributed by atoms with Crippen molar-refractivity contribution in [3.05, 3.63) is 87.9 Å². The molecule has 0 atom stereocenters. The summed E-state index contributed by atoms with van der Waals surface area (Å²) in [5.41, 5.74) is 5.14. The monoisotopic (exact) mass is 536 g/mol. The molecule has 0 aromatic heterocycles. The Morgan fingerprint density at radius 2 is 1.57 bits per heavy atom. The van der Waals surface area contributed by atoms with Crippen LogP contribution in [-0.2, 0) is 9.53 Å². The minimum Gasteiger partial charge on any atom is -0.481 e. The first kappa shape index (κ1) is 24.5. The fraction of sp³-hybridized carbons (Fsp3) is 0.222. The Bertz CT molecular complexity index is 1210. The van der Waals surface area contributed by atoms with Crippen molar-refractivity contribution in [3.8, 4) is 11.1 Å². The van der Waals surface area contributed by atoms with E-state index in [4.69, 9.17) is 9.84 Å². The highest BCUT2D eigenvalue weighted by atomic mass is 79.9. The zero-order valence-electron chi connectivity index (χ0n) is 18.9. The smallest absolute Gasteiger partial charge is 0.411 e. The number of carbonyl (C=O) groups is 3. The molecule has 0 saturated heterocycles. The standard InChI is InChI=1S/C27H25BrN2O5/c28-17-12-13-22(26(33)29-14-6-5-11-25(31)32)24(15-17)30-27(34)35-16-23-20-9-3-1-7-18(20)19-8-2-4-10-21(19)23/h1-4,7-10,12-13,15,23H,5-6,11,14,16H2,(H,29,33)(H,30,34)(H,31,32). The zero-order valence-corrected chi connectivity index (χ0v) is 20.5. The Labute approximate surface area is 211 Å². The van der Waals surface area contributed by atoms with Crippen LogP contribution < -0.4 is 10.6 Å². The second kappa shape index (κ2) is 11.2. The van der Waals surface area contributed by atoms with E-state index in [1.54, 1.807) is 18.2 Å². The highest BCUT2D eigenvalue weighted by Gasteiger charge is 2.29. The van der Waals surface area contributed by atoms with E-state index in [2.05, 4.69) is 50.8 Å². The number of carbonyl (C=O) groups excluding carboxylic acids is 2. The summed E-state index contributed by atoms with van der Waals surface area (Å²) >= 11 is 3.37. The van der Waals surface area contributed by atoms with Crippen LogP contribution in [0.1, 0.15) is 46.7 Å². The number of carboxylic acid groups (broad SMARTS) is 1. The number of unbranched alkanes of at least 4 members (excludes halogenated alkanes) is 1. The average Bonchev–Trinajstić information content (AvgIpc) is 3.16. The van der Waals surface area contributed by atoms with Gasteiger partial charge in [0.15, 0.2) is 0 Å². The van der Waals surface area contributed by atoms with Gasteiger partial charge in [0, 0.05) is 23.4 Å². The molecule has 0 saturated carbocycles. The number of aliphatic carboxylic acids is 1. The van der Waals surface area contributed by atoms with Crippen LogP contribution in [0.2, 0.25) is 0 Å². The van der Waals surface area contributed by atoms with Crippen molar-refractivity contribution in [2.75, 3.05) is 18.5 Å². The van der Waals surface area contributed by atoms with Crippen molar-refractivity contribution >= 4 is 39.6 Å². The number of ether oxygens (including phenoxy) is 1. The first-order valence-electron chi connectivity index (χ1n) is 11.4. The van der Waals surface area contributed by atoms with E-state index < -0.39 is 12.1 Å². The molecule has 180 valence electrons. The van der Waals surface area contributed by atoms with Gasteiger partial charge in [-0.1, -0.05) is 64.5 Å². The number of hydrogen-bond donors (Lipinski definition) is 3. The van der Waals surface area contributed by atoms with Gasteiger partial charge < -0.3 is 15.2 Å². The van der Waals surface area contributed by atoms with E-state index in [9.17, 15) is 14.4 Å². The molecule has 7 nitrogen and oxygen atoms in total. The predicted molar refractivity (Wildman–Crippen MR) is 137 cm³/mol. The Morgan fingerprint density at radius 3 is 2.23 bits per heavy atom. The molecule has 0 unspecified atom stereocenters. The van der Waals surface area contributed by atoms with Crippen molar-refractivity contribution in [3.63, 3.8) is 0 Å². The van der Waals surface area contributed by atoms with Crippen LogP contribution in [0.5, 0.6) is 0 Å². The Balaban J connectivity index is 1.39. The van der Waals surface area contributed by atoms with Crippen molar-refractivity contribution < 1.29 is 24.2 Å². The number of nitrogens with one attached hydrogen (secondary N) is 2. The van der Waals surface area contributed by atoms with Crippen molar-refractivity contribution in [2.24, 2.45) is 0 Å². The third-order valence-corrected chi connectivity index (χ3v) is 6.40. The number of rotatable bonds is 9. The van der Waals surface area contributed by atoms with Gasteiger partial charge in [-0.2, -0.15) is 0 Å². The highest BCUT2D eigenvalue weighted by molar-refractivity contribution is 9.10. The molecule has 4 rings (SSSR count). The number of anilines is 1. The number of fused-ring (bicyclic) bond motifs is 3. The molecule has 0 fully saturated rings. The first-order chi connectivity index (χ1) is 16.9. The molecule has 3 aromatic carbocycles. The van der Waals surface area contributed by atoms with E-state index in [0.717, 1.165) is 22.3 Å². The van der Waals surface area contributed by atoms with Crippen LogP contribution >= 0.6 is 15.9 Å². The van der Waals surface area contributed by atoms with Crippen LogP contribution in [0.3, 0.4) is 0 Å². The molecule has 2 amide bonds. The SMILES string of the molecule is O=C(O)CCCCNC(=O)c1ccc(Br)cc1NC(=O)OCC1c2ccccc2-c2ccccc21. The van der Waals surface area contributed by atoms with E-state index in [-0.39, 0.29) is 24.9 Å². The molecule has 3 aromatic rings. The van der Waals surface area contributed by atoms with Gasteiger partial charge >= 0.3 is 12.1 Å². The number of halogens is 1. The lowest BCUT2D eigenvalue weighted by Crippen LogP contribution is -2.26. The van der Waals surface area contributed by atoms with Crippen molar-refractivity contribution in [1.29, 1.82) is 0 Å². The predicted octanol–water partition coefficient (Wildman–Crippen LogP) is 5.79. The van der Waals surface area contributed by atoms with E-state index in [1.165, 1.54) is 0 Å². The second-order valence-corrected chi connectivity index (χ2v) is 9.16. The molecule has 8 heteroatoms. The van der Waals surface area contributed by atoms with E-state index in [0.29, 0.717) is 35.1 Å². The Hall–Kier alpha value is -3.65. The summed E-state index contributed by atoms with van der Waals surface area (Å²) in [6.45, 7) is 0.505. The molecule has 0 spiro atoms. The van der Waals surface area contributed by atoms with E-state index >= 15 is 0 Å². The third kappa shape index (κ3) is 5.89. The van der Waals surface area contributed by atoms with Crippen molar-refractivity contribution in [1.82, 2.24) is 5.32 Å². The number of benzene rings is 3. The van der Waals surface area contributed by atoms with Gasteiger partial charge in [0.05, 0.1) is 11.3 Å². The maximum absolute atomic E-state index is 12.7. The molecular weight excluding hydrogens is 512 g/mol. The summed E-state index contributed by atoms with van der Waals surface area (Å²) in [6.07, 6.45) is 0.424. The van der Waals surface area contributed by atoms with Crippen LogP contribution in [0, 0.1) is 0 Å². The van der Waals surface area contributed by atoms with Gasteiger partial charge in [-0.25, -0.2) is 4.79 Å². The minimum absolute atomic E-state index is 0.0583. The third-order valence-electron chi connectivity index (χ3n) is 5.91. The zero-order chi connectivity index (χ0) is 24.8. The summed E-state index contributed by atoms with van der Waals surface area (Å²) in [6, 6.07) is 21.2. The second-order valence-electron chi connectivity index (χ2n) is 8.25. The molecular formula is C27H25BrN2O5. The van der Waals surface area contributed by atoms with Crippen LogP contribution in [0.15, 0.2) is 71.2 Å². The fourth-order valence-corrected chi connectivity index (χ4v) is 4.62. The number of carboxylic acids is 1. The first-order valence-corrected chi connectivity index (χ1v) is 12.1. The maximum Gasteiger partial charge on any atom is 0.411 e. The summed E-state index contributed by atoms with van der Waals surface area (Å²) in [7, 11) is 0. The van der Waals surface area contributed by atoms with Gasteiger partial charge in [-0.15, -0.1) is 0 Å². The van der Waals surface area contributed by atoms with Gasteiger partial charge in [0.2, 0.25) is 0 Å². The van der Waals surface area contributed by atoms with Gasteiger partial charge in [-0.05, 0) is 53.3 Å². The molecule has 0 bridgehead atoms. The molecule has 1 aliphatic rings. The molecule has 0 radical (unpaired) electrons. The summed E-state index contributed by atoms with van der Waals surface area (Å²) in [5, 5.41) is 14.2. The van der Waals surface area contributed by atoms with Gasteiger partial charge in [0.1, 0.15) is 6.61 Å². The minimum atomic E-state index is -0.862. The topological polar surface area (TPSA) is 105 Å². The molecule has 3 N–H and O–H groups in total. The molecule has 35 heavy (non-hydrogen) atoms. The molecule has 1 aliphatic carbocycles.